The van der Waals surface area contributed by atoms with Gasteiger partial charge < -0.3 is 10.2 Å². The minimum atomic E-state index is -1.29. The Labute approximate surface area is 243 Å². The quantitative estimate of drug-likeness (QED) is 0.280. The van der Waals surface area contributed by atoms with E-state index in [0.717, 1.165) is 51.6 Å². The van der Waals surface area contributed by atoms with Gasteiger partial charge in [0.25, 0.3) is 0 Å². The summed E-state index contributed by atoms with van der Waals surface area (Å²) in [7, 11) is 0. The predicted octanol–water partition coefficient (Wildman–Crippen LogP) is 8.86. The van der Waals surface area contributed by atoms with Crippen LogP contribution in [0.3, 0.4) is 0 Å². The second-order valence-corrected chi connectivity index (χ2v) is 12.3. The molecule has 3 nitrogen and oxygen atoms in total. The molecule has 0 aliphatic carbocycles. The van der Waals surface area contributed by atoms with Crippen LogP contribution in [0.25, 0.3) is 5.57 Å². The van der Waals surface area contributed by atoms with E-state index >= 15 is 0 Å². The molecule has 0 radical (unpaired) electrons. The maximum atomic E-state index is 14.3. The third kappa shape index (κ3) is 7.84. The Hall–Kier alpha value is -2.46. The lowest BCUT2D eigenvalue weighted by Gasteiger charge is -2.34. The first-order valence-electron chi connectivity index (χ1n) is 15.6. The van der Waals surface area contributed by atoms with Crippen molar-refractivity contribution in [2.75, 3.05) is 19.6 Å². The zero-order valence-electron chi connectivity index (χ0n) is 26.2. The summed E-state index contributed by atoms with van der Waals surface area (Å²) in [5.41, 5.74) is 8.29. The Kier molecular flexibility index (Phi) is 11.6. The van der Waals surface area contributed by atoms with E-state index in [9.17, 15) is 9.18 Å². The Morgan fingerprint density at radius 1 is 1.25 bits per heavy atom. The van der Waals surface area contributed by atoms with Gasteiger partial charge in [0.2, 0.25) is 5.91 Å². The summed E-state index contributed by atoms with van der Waals surface area (Å²) in [6, 6.07) is 6.61. The molecule has 3 rings (SSSR count). The van der Waals surface area contributed by atoms with Crippen LogP contribution in [0.1, 0.15) is 109 Å². The van der Waals surface area contributed by atoms with Crippen LogP contribution in [0.15, 0.2) is 59.7 Å². The van der Waals surface area contributed by atoms with Crippen molar-refractivity contribution in [2.45, 2.75) is 111 Å². The molecule has 0 bridgehead atoms. The highest BCUT2D eigenvalue weighted by Gasteiger charge is 2.40. The van der Waals surface area contributed by atoms with Gasteiger partial charge >= 0.3 is 0 Å². The molecular formula is C36H53FN2O. The molecular weight excluding hydrogens is 495 g/mol. The number of halogens is 1. The van der Waals surface area contributed by atoms with Gasteiger partial charge in [0.05, 0.1) is 6.04 Å². The van der Waals surface area contributed by atoms with E-state index in [0.29, 0.717) is 11.8 Å². The first-order valence-corrected chi connectivity index (χ1v) is 15.6. The van der Waals surface area contributed by atoms with Crippen molar-refractivity contribution in [3.05, 3.63) is 76.4 Å². The Morgan fingerprint density at radius 3 is 2.50 bits per heavy atom. The number of benzene rings is 1. The molecule has 40 heavy (non-hydrogen) atoms. The SMILES string of the molecule is C=C/C=C(\C=C(\C)C(C)CC)C(/CCC)=C(\CC)c1cc(C2CCN(C(=O)C3CC(C)(F)CN3)CC2)ccc1C. The van der Waals surface area contributed by atoms with Crippen molar-refractivity contribution in [1.29, 1.82) is 0 Å². The molecule has 220 valence electrons. The minimum absolute atomic E-state index is 0.0621. The first kappa shape index (κ1) is 32.1. The summed E-state index contributed by atoms with van der Waals surface area (Å²) in [6.07, 6.45) is 12.9. The topological polar surface area (TPSA) is 32.3 Å². The average Bonchev–Trinajstić information content (AvgIpc) is 3.32. The zero-order chi connectivity index (χ0) is 29.4. The molecule has 3 unspecified atom stereocenters. The van der Waals surface area contributed by atoms with Crippen LogP contribution in [-0.2, 0) is 4.79 Å². The van der Waals surface area contributed by atoms with Crippen LogP contribution in [0.4, 0.5) is 4.39 Å². The van der Waals surface area contributed by atoms with E-state index in [1.165, 1.54) is 39.0 Å². The van der Waals surface area contributed by atoms with Crippen molar-refractivity contribution in [1.82, 2.24) is 10.2 Å². The van der Waals surface area contributed by atoms with Gasteiger partial charge in [0.1, 0.15) is 5.67 Å². The van der Waals surface area contributed by atoms with E-state index in [4.69, 9.17) is 0 Å². The normalized spacial score (nSPS) is 24.2. The summed E-state index contributed by atoms with van der Waals surface area (Å²) >= 11 is 0. The fourth-order valence-corrected chi connectivity index (χ4v) is 6.31. The fraction of sp³-hybridized carbons (Fsp3) is 0.583. The predicted molar refractivity (Wildman–Crippen MR) is 169 cm³/mol. The number of likely N-dealkylation sites (tertiary alicyclic amines) is 1. The Balaban J connectivity index is 1.89. The average molecular weight is 549 g/mol. The second kappa shape index (κ2) is 14.4. The van der Waals surface area contributed by atoms with Crippen LogP contribution >= 0.6 is 0 Å². The number of piperidine rings is 1. The number of carbonyl (C=O) groups excluding carboxylic acids is 1. The summed E-state index contributed by atoms with van der Waals surface area (Å²) in [5, 5.41) is 3.09. The van der Waals surface area contributed by atoms with E-state index in [2.05, 4.69) is 83.8 Å². The number of hydrogen-bond acceptors (Lipinski definition) is 2. The van der Waals surface area contributed by atoms with Gasteiger partial charge in [-0.1, -0.05) is 82.7 Å². The number of aryl methyl sites for hydroxylation is 1. The summed E-state index contributed by atoms with van der Waals surface area (Å²) in [5.74, 6) is 1.04. The van der Waals surface area contributed by atoms with Crippen LogP contribution in [0, 0.1) is 12.8 Å². The molecule has 0 spiro atoms. The molecule has 1 aromatic carbocycles. The molecule has 2 heterocycles. The molecule has 1 N–H and O–H groups in total. The number of alkyl halides is 1. The maximum Gasteiger partial charge on any atom is 0.239 e. The number of allylic oxidation sites excluding steroid dienone is 7. The molecule has 0 aromatic heterocycles. The lowest BCUT2D eigenvalue weighted by molar-refractivity contribution is -0.134. The van der Waals surface area contributed by atoms with Crippen molar-refractivity contribution in [3.8, 4) is 0 Å². The third-order valence-corrected chi connectivity index (χ3v) is 9.15. The van der Waals surface area contributed by atoms with Gasteiger partial charge in [-0.2, -0.15) is 0 Å². The Bertz CT molecular complexity index is 1130. The third-order valence-electron chi connectivity index (χ3n) is 9.15. The second-order valence-electron chi connectivity index (χ2n) is 12.3. The van der Waals surface area contributed by atoms with Crippen molar-refractivity contribution >= 4 is 11.5 Å². The largest absolute Gasteiger partial charge is 0.341 e. The van der Waals surface area contributed by atoms with E-state index in [1.807, 2.05) is 11.0 Å². The van der Waals surface area contributed by atoms with Gasteiger partial charge in [-0.3, -0.25) is 4.79 Å². The number of carbonyl (C=O) groups is 1. The lowest BCUT2D eigenvalue weighted by Crippen LogP contribution is -2.46. The highest BCUT2D eigenvalue weighted by atomic mass is 19.1. The van der Waals surface area contributed by atoms with E-state index in [1.54, 1.807) is 6.92 Å². The standard InChI is InChI=1S/C36H53FN2O/c1-9-13-30(21-27(7)25(5)11-3)32(14-10-2)31(12-4)33-22-29(16-15-26(33)6)28-17-19-39(20-18-28)35(40)34-23-36(8,37)24-38-34/h9,13,15-16,21-22,25,28,34,38H,1,10-12,14,17-20,23-24H2,2-8H3/b27-21-,30-13+,32-31+. The number of nitrogens with zero attached hydrogens (tertiary/aromatic N) is 1. The summed E-state index contributed by atoms with van der Waals surface area (Å²) in [4.78, 5) is 15.0. The van der Waals surface area contributed by atoms with Crippen LogP contribution in [0.5, 0.6) is 0 Å². The van der Waals surface area contributed by atoms with Gasteiger partial charge in [0.15, 0.2) is 0 Å². The minimum Gasteiger partial charge on any atom is -0.341 e. The van der Waals surface area contributed by atoms with Crippen LogP contribution < -0.4 is 5.32 Å². The number of nitrogens with one attached hydrogen (secondary N) is 1. The van der Waals surface area contributed by atoms with Gasteiger partial charge in [-0.25, -0.2) is 4.39 Å². The molecule has 2 fully saturated rings. The molecule has 2 aliphatic rings. The molecule has 3 atom stereocenters. The highest BCUT2D eigenvalue weighted by Crippen LogP contribution is 2.37. The van der Waals surface area contributed by atoms with E-state index in [-0.39, 0.29) is 24.9 Å². The fourth-order valence-electron chi connectivity index (χ4n) is 6.31. The monoisotopic (exact) mass is 548 g/mol. The molecule has 4 heteroatoms. The van der Waals surface area contributed by atoms with Gasteiger partial charge in [-0.05, 0) is 98.1 Å². The van der Waals surface area contributed by atoms with Crippen LogP contribution in [-0.4, -0.2) is 42.2 Å². The molecule has 2 aliphatic heterocycles. The Morgan fingerprint density at radius 2 is 1.95 bits per heavy atom. The molecule has 2 saturated heterocycles. The molecule has 1 aromatic rings. The van der Waals surface area contributed by atoms with Crippen molar-refractivity contribution in [2.24, 2.45) is 5.92 Å². The molecule has 0 saturated carbocycles. The first-order chi connectivity index (χ1) is 19.0. The van der Waals surface area contributed by atoms with Gasteiger partial charge in [0, 0.05) is 26.1 Å². The van der Waals surface area contributed by atoms with Crippen molar-refractivity contribution in [3.63, 3.8) is 0 Å². The number of hydrogen-bond donors (Lipinski definition) is 1. The number of rotatable bonds is 11. The lowest BCUT2D eigenvalue weighted by atomic mass is 9.83. The van der Waals surface area contributed by atoms with Crippen LogP contribution in [0.2, 0.25) is 0 Å². The van der Waals surface area contributed by atoms with Crippen molar-refractivity contribution < 1.29 is 9.18 Å². The summed E-state index contributed by atoms with van der Waals surface area (Å²) < 4.78 is 14.3. The zero-order valence-corrected chi connectivity index (χ0v) is 26.2. The molecule has 1 amide bonds. The smallest absolute Gasteiger partial charge is 0.239 e. The summed E-state index contributed by atoms with van der Waals surface area (Å²) in [6.45, 7) is 20.9. The van der Waals surface area contributed by atoms with E-state index < -0.39 is 5.67 Å². The highest BCUT2D eigenvalue weighted by molar-refractivity contribution is 5.82. The number of amides is 1. The maximum absolute atomic E-state index is 14.3. The van der Waals surface area contributed by atoms with Gasteiger partial charge in [-0.15, -0.1) is 0 Å².